The van der Waals surface area contributed by atoms with Gasteiger partial charge in [0.1, 0.15) is 8.07 Å². The third-order valence-electron chi connectivity index (χ3n) is 7.20. The molecule has 27 heavy (non-hydrogen) atoms. The molecule has 1 heteroatoms. The minimum absolute atomic E-state index is 0.0847. The summed E-state index contributed by atoms with van der Waals surface area (Å²) >= 11 is 0. The fourth-order valence-electron chi connectivity index (χ4n) is 5.23. The monoisotopic (exact) mass is 374 g/mol. The highest BCUT2D eigenvalue weighted by molar-refractivity contribution is 7.04. The second-order valence-corrected chi connectivity index (χ2v) is 13.5. The fourth-order valence-corrected chi connectivity index (χ4v) is 10.5. The Kier molecular flexibility index (Phi) is 4.89. The SMILES string of the molecule is CC1=CC(C)([Si](C)(c2cc(C)cc(C)c2)c2ccc(C)cc2C)C(C)=C1C. The van der Waals surface area contributed by atoms with E-state index in [0.29, 0.717) is 0 Å². The maximum absolute atomic E-state index is 2.59. The molecule has 0 saturated carbocycles. The molecule has 0 aromatic heterocycles. The standard InChI is InChI=1S/C26H34Si/c1-17-10-11-25(20(4)13-17)27(9,24-14-18(2)12-19(3)15-24)26(8)16-21(5)22(6)23(26)7/h10-16H,1-9H3. The molecule has 0 aliphatic heterocycles. The van der Waals surface area contributed by atoms with Crippen molar-refractivity contribution in [3.8, 4) is 0 Å². The number of aryl methyl sites for hydroxylation is 4. The second-order valence-electron chi connectivity index (χ2n) is 9.10. The molecule has 2 aromatic rings. The van der Waals surface area contributed by atoms with E-state index in [4.69, 9.17) is 0 Å². The van der Waals surface area contributed by atoms with E-state index in [0.717, 1.165) is 0 Å². The molecule has 1 aliphatic rings. The van der Waals surface area contributed by atoms with Crippen LogP contribution in [0.5, 0.6) is 0 Å². The van der Waals surface area contributed by atoms with E-state index in [9.17, 15) is 0 Å². The molecule has 2 atom stereocenters. The van der Waals surface area contributed by atoms with Gasteiger partial charge in [0, 0.05) is 5.04 Å². The molecule has 3 rings (SSSR count). The van der Waals surface area contributed by atoms with Crippen LogP contribution in [-0.4, -0.2) is 8.07 Å². The maximum Gasteiger partial charge on any atom is 0.128 e. The molecule has 2 aromatic carbocycles. The Hall–Kier alpha value is -1.86. The Labute approximate surface area is 167 Å². The van der Waals surface area contributed by atoms with Gasteiger partial charge in [-0.15, -0.1) is 0 Å². The number of benzene rings is 2. The van der Waals surface area contributed by atoms with Crippen LogP contribution < -0.4 is 10.4 Å². The molecular formula is C26H34Si. The van der Waals surface area contributed by atoms with Crippen LogP contribution in [-0.2, 0) is 0 Å². The Bertz CT molecular complexity index is 955. The minimum atomic E-state index is -2.10. The zero-order chi connectivity index (χ0) is 20.1. The van der Waals surface area contributed by atoms with E-state index < -0.39 is 8.07 Å². The topological polar surface area (TPSA) is 0 Å². The molecule has 0 amide bonds. The molecular weight excluding hydrogens is 340 g/mol. The highest BCUT2D eigenvalue weighted by Crippen LogP contribution is 2.53. The van der Waals surface area contributed by atoms with Gasteiger partial charge in [-0.05, 0) is 54.0 Å². The van der Waals surface area contributed by atoms with Crippen LogP contribution in [0.3, 0.4) is 0 Å². The lowest BCUT2D eigenvalue weighted by atomic mass is 10.0. The Balaban J connectivity index is 2.41. The van der Waals surface area contributed by atoms with Gasteiger partial charge < -0.3 is 0 Å². The summed E-state index contributed by atoms with van der Waals surface area (Å²) in [6.07, 6.45) is 2.57. The first-order valence-corrected chi connectivity index (χ1v) is 12.5. The lowest BCUT2D eigenvalue weighted by Crippen LogP contribution is -2.64. The van der Waals surface area contributed by atoms with Crippen molar-refractivity contribution in [2.75, 3.05) is 0 Å². The molecule has 0 spiro atoms. The first-order chi connectivity index (χ1) is 12.5. The van der Waals surface area contributed by atoms with Crippen LogP contribution in [0.2, 0.25) is 11.6 Å². The number of hydrogen-bond donors (Lipinski definition) is 0. The second kappa shape index (κ2) is 6.63. The summed E-state index contributed by atoms with van der Waals surface area (Å²) < 4.78 is 0. The van der Waals surface area contributed by atoms with E-state index >= 15 is 0 Å². The maximum atomic E-state index is 2.59. The van der Waals surface area contributed by atoms with Crippen LogP contribution in [0.4, 0.5) is 0 Å². The van der Waals surface area contributed by atoms with Crippen LogP contribution in [0.25, 0.3) is 0 Å². The van der Waals surface area contributed by atoms with Crippen LogP contribution in [0, 0.1) is 27.7 Å². The number of hydrogen-bond acceptors (Lipinski definition) is 0. The molecule has 1 aliphatic carbocycles. The van der Waals surface area contributed by atoms with E-state index in [1.54, 1.807) is 15.9 Å². The van der Waals surface area contributed by atoms with Crippen molar-refractivity contribution in [1.82, 2.24) is 0 Å². The van der Waals surface area contributed by atoms with Gasteiger partial charge in [0.2, 0.25) is 0 Å². The molecule has 2 unspecified atom stereocenters. The van der Waals surface area contributed by atoms with Gasteiger partial charge in [-0.25, -0.2) is 0 Å². The molecule has 142 valence electrons. The van der Waals surface area contributed by atoms with E-state index in [1.165, 1.54) is 33.4 Å². The zero-order valence-corrected chi connectivity index (χ0v) is 19.5. The normalized spacial score (nSPS) is 22.0. The molecule has 0 fully saturated rings. The summed E-state index contributed by atoms with van der Waals surface area (Å²) in [5.74, 6) is 0. The van der Waals surface area contributed by atoms with E-state index in [1.807, 2.05) is 0 Å². The highest BCUT2D eigenvalue weighted by atomic mass is 28.3. The van der Waals surface area contributed by atoms with Gasteiger partial charge in [0.15, 0.2) is 0 Å². The molecule has 0 heterocycles. The molecule has 0 radical (unpaired) electrons. The smallest absolute Gasteiger partial charge is 0.0733 e. The third kappa shape index (κ3) is 2.97. The summed E-state index contributed by atoms with van der Waals surface area (Å²) in [5, 5.41) is 3.20. The van der Waals surface area contributed by atoms with Gasteiger partial charge in [0.05, 0.1) is 0 Å². The summed E-state index contributed by atoms with van der Waals surface area (Å²) in [6.45, 7) is 21.0. The predicted octanol–water partition coefficient (Wildman–Crippen LogP) is 6.17. The molecule has 0 bridgehead atoms. The van der Waals surface area contributed by atoms with Gasteiger partial charge in [0.25, 0.3) is 0 Å². The third-order valence-corrected chi connectivity index (χ3v) is 12.9. The first kappa shape index (κ1) is 19.9. The van der Waals surface area contributed by atoms with Crippen LogP contribution >= 0.6 is 0 Å². The van der Waals surface area contributed by atoms with Crippen LogP contribution in [0.15, 0.2) is 59.2 Å². The summed E-state index contributed by atoms with van der Waals surface area (Å²) in [7, 11) is -2.10. The summed E-state index contributed by atoms with van der Waals surface area (Å²) in [6, 6.07) is 14.3. The van der Waals surface area contributed by atoms with Crippen molar-refractivity contribution in [1.29, 1.82) is 0 Å². The average molecular weight is 375 g/mol. The number of rotatable bonds is 3. The van der Waals surface area contributed by atoms with Crippen molar-refractivity contribution in [2.45, 2.75) is 67.0 Å². The van der Waals surface area contributed by atoms with Crippen molar-refractivity contribution in [3.05, 3.63) is 81.4 Å². The number of allylic oxidation sites excluding steroid dienone is 4. The molecule has 0 N–H and O–H groups in total. The Morgan fingerprint density at radius 1 is 0.741 bits per heavy atom. The average Bonchev–Trinajstić information content (AvgIpc) is 2.77. The lowest BCUT2D eigenvalue weighted by molar-refractivity contribution is 0.864. The summed E-state index contributed by atoms with van der Waals surface area (Å²) in [4.78, 5) is 0. The van der Waals surface area contributed by atoms with Crippen molar-refractivity contribution in [2.24, 2.45) is 0 Å². The summed E-state index contributed by atoms with van der Waals surface area (Å²) in [5.41, 5.74) is 10.00. The minimum Gasteiger partial charge on any atom is -0.0733 e. The molecule has 0 nitrogen and oxygen atoms in total. The largest absolute Gasteiger partial charge is 0.128 e. The predicted molar refractivity (Wildman–Crippen MR) is 123 cm³/mol. The van der Waals surface area contributed by atoms with Crippen molar-refractivity contribution < 1.29 is 0 Å². The van der Waals surface area contributed by atoms with Crippen LogP contribution in [0.1, 0.15) is 49.9 Å². The van der Waals surface area contributed by atoms with Crippen molar-refractivity contribution in [3.63, 3.8) is 0 Å². The lowest BCUT2D eigenvalue weighted by Gasteiger charge is -2.45. The van der Waals surface area contributed by atoms with Gasteiger partial charge in [-0.1, -0.05) is 99.7 Å². The van der Waals surface area contributed by atoms with Crippen molar-refractivity contribution >= 4 is 18.4 Å². The van der Waals surface area contributed by atoms with Gasteiger partial charge in [-0.2, -0.15) is 0 Å². The fraction of sp³-hybridized carbons (Fsp3) is 0.385. The Morgan fingerprint density at radius 2 is 1.33 bits per heavy atom. The van der Waals surface area contributed by atoms with E-state index in [-0.39, 0.29) is 5.04 Å². The Morgan fingerprint density at radius 3 is 1.81 bits per heavy atom. The first-order valence-electron chi connectivity index (χ1n) is 10.0. The van der Waals surface area contributed by atoms with Gasteiger partial charge >= 0.3 is 0 Å². The van der Waals surface area contributed by atoms with Gasteiger partial charge in [-0.3, -0.25) is 0 Å². The quantitative estimate of drug-likeness (QED) is 0.564. The highest BCUT2D eigenvalue weighted by Gasteiger charge is 2.51. The van der Waals surface area contributed by atoms with E-state index in [2.05, 4.69) is 104 Å². The zero-order valence-electron chi connectivity index (χ0n) is 18.5. The molecule has 0 saturated heterocycles.